The third kappa shape index (κ3) is 2.34. The first-order valence-corrected chi connectivity index (χ1v) is 6.63. The van der Waals surface area contributed by atoms with Gasteiger partial charge in [-0.2, -0.15) is 11.8 Å². The molecule has 2 rings (SSSR count). The molecule has 0 aromatic rings. The fourth-order valence-corrected chi connectivity index (χ4v) is 3.77. The van der Waals surface area contributed by atoms with Crippen molar-refractivity contribution >= 4 is 23.6 Å². The van der Waals surface area contributed by atoms with Gasteiger partial charge in [-0.1, -0.05) is 0 Å². The largest absolute Gasteiger partial charge is 0.481 e. The number of carbonyl (C=O) groups excluding carboxylic acids is 1. The standard InChI is InChI=1S/C11H17NO3S/c1-11(3-2-4-16-11)7-12-6-8(10(14)15)5-9(12)13/h8H,2-7H2,1H3,(H,14,15). The first-order valence-electron chi connectivity index (χ1n) is 5.65. The van der Waals surface area contributed by atoms with Crippen molar-refractivity contribution in [1.82, 2.24) is 4.90 Å². The van der Waals surface area contributed by atoms with Gasteiger partial charge in [0, 0.05) is 24.3 Å². The fourth-order valence-electron chi connectivity index (χ4n) is 2.46. The Hall–Kier alpha value is -0.710. The van der Waals surface area contributed by atoms with Crippen molar-refractivity contribution in [3.8, 4) is 0 Å². The van der Waals surface area contributed by atoms with Crippen LogP contribution in [0.2, 0.25) is 0 Å². The van der Waals surface area contributed by atoms with Crippen LogP contribution in [0.3, 0.4) is 0 Å². The minimum Gasteiger partial charge on any atom is -0.481 e. The Balaban J connectivity index is 1.95. The molecule has 2 fully saturated rings. The number of amides is 1. The first kappa shape index (κ1) is 11.8. The number of carbonyl (C=O) groups is 2. The van der Waals surface area contributed by atoms with Crippen molar-refractivity contribution in [3.05, 3.63) is 0 Å². The summed E-state index contributed by atoms with van der Waals surface area (Å²) in [5.41, 5.74) is 0. The number of carboxylic acid groups (broad SMARTS) is 1. The van der Waals surface area contributed by atoms with Gasteiger partial charge in [0.15, 0.2) is 0 Å². The van der Waals surface area contributed by atoms with E-state index in [1.54, 1.807) is 4.90 Å². The van der Waals surface area contributed by atoms with Crippen LogP contribution in [-0.2, 0) is 9.59 Å². The van der Waals surface area contributed by atoms with Gasteiger partial charge >= 0.3 is 5.97 Å². The number of thioether (sulfide) groups is 1. The number of hydrogen-bond acceptors (Lipinski definition) is 3. The van der Waals surface area contributed by atoms with Crippen LogP contribution < -0.4 is 0 Å². The summed E-state index contributed by atoms with van der Waals surface area (Å²) in [4.78, 5) is 24.2. The van der Waals surface area contributed by atoms with Crippen LogP contribution in [-0.4, -0.2) is 45.5 Å². The molecule has 0 saturated carbocycles. The van der Waals surface area contributed by atoms with E-state index in [9.17, 15) is 9.59 Å². The van der Waals surface area contributed by atoms with Gasteiger partial charge in [-0.3, -0.25) is 9.59 Å². The maximum atomic E-state index is 11.7. The predicted molar refractivity (Wildman–Crippen MR) is 62.4 cm³/mol. The smallest absolute Gasteiger partial charge is 0.308 e. The highest BCUT2D eigenvalue weighted by Crippen LogP contribution is 2.39. The Morgan fingerprint density at radius 2 is 2.44 bits per heavy atom. The molecule has 0 bridgehead atoms. The summed E-state index contributed by atoms with van der Waals surface area (Å²) in [6.07, 6.45) is 2.50. The molecule has 4 nitrogen and oxygen atoms in total. The normalized spacial score (nSPS) is 34.7. The maximum Gasteiger partial charge on any atom is 0.308 e. The second kappa shape index (κ2) is 4.28. The number of aliphatic carboxylic acids is 1. The molecule has 1 amide bonds. The zero-order valence-electron chi connectivity index (χ0n) is 9.44. The summed E-state index contributed by atoms with van der Waals surface area (Å²) in [5, 5.41) is 8.89. The van der Waals surface area contributed by atoms with E-state index in [2.05, 4.69) is 6.92 Å². The van der Waals surface area contributed by atoms with E-state index in [0.717, 1.165) is 12.2 Å². The van der Waals surface area contributed by atoms with E-state index in [0.29, 0.717) is 13.1 Å². The van der Waals surface area contributed by atoms with Crippen molar-refractivity contribution in [3.63, 3.8) is 0 Å². The second-order valence-electron chi connectivity index (χ2n) is 4.92. The van der Waals surface area contributed by atoms with Gasteiger partial charge in [-0.05, 0) is 25.5 Å². The molecule has 2 heterocycles. The highest BCUT2D eigenvalue weighted by atomic mass is 32.2. The molecule has 1 N–H and O–H groups in total. The fraction of sp³-hybridized carbons (Fsp3) is 0.818. The summed E-state index contributed by atoms with van der Waals surface area (Å²) in [5.74, 6) is -0.190. The lowest BCUT2D eigenvalue weighted by atomic mass is 10.1. The molecule has 2 saturated heterocycles. The van der Waals surface area contributed by atoms with Crippen LogP contribution in [0.4, 0.5) is 0 Å². The van der Waals surface area contributed by atoms with Crippen LogP contribution in [0.5, 0.6) is 0 Å². The Kier molecular flexibility index (Phi) is 3.15. The van der Waals surface area contributed by atoms with Gasteiger partial charge in [0.05, 0.1) is 5.92 Å². The van der Waals surface area contributed by atoms with E-state index < -0.39 is 11.9 Å². The molecule has 90 valence electrons. The van der Waals surface area contributed by atoms with Crippen LogP contribution in [0.15, 0.2) is 0 Å². The molecule has 2 aliphatic heterocycles. The Morgan fingerprint density at radius 1 is 1.69 bits per heavy atom. The monoisotopic (exact) mass is 243 g/mol. The molecule has 5 heteroatoms. The number of nitrogens with zero attached hydrogens (tertiary/aromatic N) is 1. The van der Waals surface area contributed by atoms with Gasteiger partial charge in [-0.25, -0.2) is 0 Å². The minimum atomic E-state index is -0.847. The molecule has 2 atom stereocenters. The lowest BCUT2D eigenvalue weighted by molar-refractivity contribution is -0.141. The molecule has 16 heavy (non-hydrogen) atoms. The van der Waals surface area contributed by atoms with Gasteiger partial charge in [0.25, 0.3) is 0 Å². The number of rotatable bonds is 3. The maximum absolute atomic E-state index is 11.7. The summed E-state index contributed by atoms with van der Waals surface area (Å²) in [6.45, 7) is 3.27. The van der Waals surface area contributed by atoms with Crippen molar-refractivity contribution in [1.29, 1.82) is 0 Å². The summed E-state index contributed by atoms with van der Waals surface area (Å²) >= 11 is 1.90. The van der Waals surface area contributed by atoms with Crippen LogP contribution in [0, 0.1) is 5.92 Å². The van der Waals surface area contributed by atoms with E-state index in [1.165, 1.54) is 6.42 Å². The summed E-state index contributed by atoms with van der Waals surface area (Å²) in [6, 6.07) is 0. The number of carboxylic acids is 1. The van der Waals surface area contributed by atoms with Crippen molar-refractivity contribution in [2.24, 2.45) is 5.92 Å². The molecule has 2 aliphatic rings. The average Bonchev–Trinajstić information content (AvgIpc) is 2.75. The topological polar surface area (TPSA) is 57.6 Å². The molecule has 0 spiro atoms. The van der Waals surface area contributed by atoms with E-state index in [-0.39, 0.29) is 17.1 Å². The first-order chi connectivity index (χ1) is 7.50. The molecular formula is C11H17NO3S. The molecule has 0 radical (unpaired) electrons. The van der Waals surface area contributed by atoms with Crippen LogP contribution in [0.1, 0.15) is 26.2 Å². The van der Waals surface area contributed by atoms with Gasteiger partial charge < -0.3 is 10.0 Å². The van der Waals surface area contributed by atoms with E-state index in [4.69, 9.17) is 5.11 Å². The minimum absolute atomic E-state index is 0.00104. The lowest BCUT2D eigenvalue weighted by Crippen LogP contribution is -2.38. The average molecular weight is 243 g/mol. The SMILES string of the molecule is CC1(CN2CC(C(=O)O)CC2=O)CCCS1. The lowest BCUT2D eigenvalue weighted by Gasteiger charge is -2.28. The van der Waals surface area contributed by atoms with Gasteiger partial charge in [0.2, 0.25) is 5.91 Å². The highest BCUT2D eigenvalue weighted by molar-refractivity contribution is 8.00. The van der Waals surface area contributed by atoms with Crippen LogP contribution >= 0.6 is 11.8 Å². The Bertz CT molecular complexity index is 312. The molecule has 0 aromatic carbocycles. The highest BCUT2D eigenvalue weighted by Gasteiger charge is 2.39. The van der Waals surface area contributed by atoms with E-state index >= 15 is 0 Å². The molecule has 0 aromatic heterocycles. The van der Waals surface area contributed by atoms with Crippen molar-refractivity contribution in [2.45, 2.75) is 30.9 Å². The zero-order valence-corrected chi connectivity index (χ0v) is 10.3. The number of hydrogen-bond donors (Lipinski definition) is 1. The number of likely N-dealkylation sites (tertiary alicyclic amines) is 1. The zero-order chi connectivity index (χ0) is 11.8. The summed E-state index contributed by atoms with van der Waals surface area (Å²) < 4.78 is 0.142. The molecule has 2 unspecified atom stereocenters. The van der Waals surface area contributed by atoms with Crippen LogP contribution in [0.25, 0.3) is 0 Å². The van der Waals surface area contributed by atoms with E-state index in [1.807, 2.05) is 11.8 Å². The quantitative estimate of drug-likeness (QED) is 0.809. The third-order valence-corrected chi connectivity index (χ3v) is 4.91. The predicted octanol–water partition coefficient (Wildman–Crippen LogP) is 1.21. The second-order valence-corrected chi connectivity index (χ2v) is 6.60. The summed E-state index contributed by atoms with van der Waals surface area (Å²) in [7, 11) is 0. The van der Waals surface area contributed by atoms with Gasteiger partial charge in [0.1, 0.15) is 0 Å². The third-order valence-electron chi connectivity index (χ3n) is 3.39. The molecule has 0 aliphatic carbocycles. The van der Waals surface area contributed by atoms with Crippen molar-refractivity contribution < 1.29 is 14.7 Å². The van der Waals surface area contributed by atoms with Gasteiger partial charge in [-0.15, -0.1) is 0 Å². The Labute approximate surface area is 99.4 Å². The molecular weight excluding hydrogens is 226 g/mol. The Morgan fingerprint density at radius 3 is 2.94 bits per heavy atom. The van der Waals surface area contributed by atoms with Crippen molar-refractivity contribution in [2.75, 3.05) is 18.8 Å².